The minimum absolute atomic E-state index is 0.0564. The number of nitriles is 1. The van der Waals surface area contributed by atoms with Crippen LogP contribution in [0.5, 0.6) is 5.75 Å². The quantitative estimate of drug-likeness (QED) is 0.582. The third-order valence-corrected chi connectivity index (χ3v) is 3.13. The predicted octanol–water partition coefficient (Wildman–Crippen LogP) is 2.86. The van der Waals surface area contributed by atoms with E-state index in [9.17, 15) is 9.90 Å². The topological polar surface area (TPSA) is 99.1 Å². The molecule has 0 heterocycles. The molecule has 20 heavy (non-hydrogen) atoms. The Morgan fingerprint density at radius 1 is 1.30 bits per heavy atom. The van der Waals surface area contributed by atoms with Crippen LogP contribution in [0.2, 0.25) is 0 Å². The molecule has 0 saturated heterocycles. The molecule has 0 radical (unpaired) electrons. The van der Waals surface area contributed by atoms with E-state index in [1.807, 2.05) is 6.07 Å². The number of amides is 1. The van der Waals surface area contributed by atoms with Crippen LogP contribution in [0.4, 0.5) is 11.4 Å². The Morgan fingerprint density at radius 3 is 2.75 bits per heavy atom. The summed E-state index contributed by atoms with van der Waals surface area (Å²) in [5.74, 6) is -0.549. The number of nitrogen functional groups attached to an aromatic ring is 1. The lowest BCUT2D eigenvalue weighted by molar-refractivity contribution is 0.102. The maximum Gasteiger partial charge on any atom is 0.257 e. The first kappa shape index (κ1) is 13.9. The molecule has 5 nitrogen and oxygen atoms in total. The molecule has 0 fully saturated rings. The summed E-state index contributed by atoms with van der Waals surface area (Å²) in [5, 5.41) is 21.0. The summed E-state index contributed by atoms with van der Waals surface area (Å²) in [5.41, 5.74) is 6.79. The molecule has 0 aromatic heterocycles. The fourth-order valence-electron chi connectivity index (χ4n) is 1.65. The van der Waals surface area contributed by atoms with Crippen molar-refractivity contribution >= 4 is 33.2 Å². The molecular weight excluding hydrogens is 322 g/mol. The number of anilines is 2. The number of carbonyl (C=O) groups excluding carboxylic acids is 1. The van der Waals surface area contributed by atoms with Gasteiger partial charge in [0.25, 0.3) is 5.91 Å². The van der Waals surface area contributed by atoms with Gasteiger partial charge in [0, 0.05) is 10.2 Å². The zero-order valence-corrected chi connectivity index (χ0v) is 11.8. The van der Waals surface area contributed by atoms with Crippen LogP contribution in [0.25, 0.3) is 0 Å². The summed E-state index contributed by atoms with van der Waals surface area (Å²) in [6, 6.07) is 11.0. The molecule has 0 aliphatic heterocycles. The maximum atomic E-state index is 12.1. The minimum Gasteiger partial charge on any atom is -0.508 e. The van der Waals surface area contributed by atoms with Gasteiger partial charge in [-0.25, -0.2) is 0 Å². The monoisotopic (exact) mass is 331 g/mol. The lowest BCUT2D eigenvalue weighted by atomic mass is 10.1. The van der Waals surface area contributed by atoms with E-state index in [1.54, 1.807) is 18.2 Å². The molecule has 0 unspecified atom stereocenters. The fraction of sp³-hybridized carbons (Fsp3) is 0. The van der Waals surface area contributed by atoms with Crippen molar-refractivity contribution < 1.29 is 9.90 Å². The number of rotatable bonds is 2. The molecular formula is C14H10BrN3O2. The number of hydrogen-bond acceptors (Lipinski definition) is 4. The third kappa shape index (κ3) is 2.90. The number of nitrogens with zero attached hydrogens (tertiary/aromatic N) is 1. The van der Waals surface area contributed by atoms with Gasteiger partial charge < -0.3 is 16.2 Å². The highest BCUT2D eigenvalue weighted by Crippen LogP contribution is 2.24. The van der Waals surface area contributed by atoms with Gasteiger partial charge in [0.15, 0.2) is 0 Å². The maximum absolute atomic E-state index is 12.1. The zero-order chi connectivity index (χ0) is 14.7. The fourth-order valence-corrected chi connectivity index (χ4v) is 2.01. The standard InChI is InChI=1S/C14H10BrN3O2/c15-9-2-1-8(7-16)13(5-9)18-14(20)11-6-10(19)3-4-12(11)17/h1-6,19H,17H2,(H,18,20). The lowest BCUT2D eigenvalue weighted by Gasteiger charge is -2.09. The van der Waals surface area contributed by atoms with Gasteiger partial charge in [0.1, 0.15) is 11.8 Å². The second-order valence-corrected chi connectivity index (χ2v) is 4.94. The molecule has 0 spiro atoms. The van der Waals surface area contributed by atoms with E-state index >= 15 is 0 Å². The Kier molecular flexibility index (Phi) is 3.91. The van der Waals surface area contributed by atoms with Crippen LogP contribution in [-0.2, 0) is 0 Å². The molecule has 4 N–H and O–H groups in total. The van der Waals surface area contributed by atoms with Crippen LogP contribution in [0.1, 0.15) is 15.9 Å². The number of phenols is 1. The molecule has 2 aromatic rings. The summed E-state index contributed by atoms with van der Waals surface area (Å²) in [6.45, 7) is 0. The Bertz CT molecular complexity index is 723. The Labute approximate surface area is 123 Å². The van der Waals surface area contributed by atoms with Crippen molar-refractivity contribution in [1.29, 1.82) is 5.26 Å². The van der Waals surface area contributed by atoms with E-state index in [0.717, 1.165) is 4.47 Å². The van der Waals surface area contributed by atoms with Crippen LogP contribution in [0.3, 0.4) is 0 Å². The number of hydrogen-bond donors (Lipinski definition) is 3. The predicted molar refractivity (Wildman–Crippen MR) is 79.3 cm³/mol. The number of carbonyl (C=O) groups is 1. The van der Waals surface area contributed by atoms with Crippen LogP contribution >= 0.6 is 15.9 Å². The molecule has 0 aliphatic carbocycles. The molecule has 0 saturated carbocycles. The number of phenolic OH excluding ortho intramolecular Hbond substituents is 1. The van der Waals surface area contributed by atoms with Gasteiger partial charge in [-0.15, -0.1) is 0 Å². The minimum atomic E-state index is -0.493. The number of aromatic hydroxyl groups is 1. The molecule has 0 bridgehead atoms. The van der Waals surface area contributed by atoms with Gasteiger partial charge in [-0.05, 0) is 36.4 Å². The number of nitrogens with one attached hydrogen (secondary N) is 1. The largest absolute Gasteiger partial charge is 0.508 e. The molecule has 0 aliphatic rings. The molecule has 6 heteroatoms. The van der Waals surface area contributed by atoms with Crippen molar-refractivity contribution in [3.05, 3.63) is 52.0 Å². The highest BCUT2D eigenvalue weighted by Gasteiger charge is 2.13. The molecule has 100 valence electrons. The van der Waals surface area contributed by atoms with Crippen molar-refractivity contribution in [1.82, 2.24) is 0 Å². The Hall–Kier alpha value is -2.52. The van der Waals surface area contributed by atoms with Gasteiger partial charge in [-0.1, -0.05) is 15.9 Å². The van der Waals surface area contributed by atoms with Gasteiger partial charge in [0.2, 0.25) is 0 Å². The number of benzene rings is 2. The summed E-state index contributed by atoms with van der Waals surface area (Å²) in [6.07, 6.45) is 0. The van der Waals surface area contributed by atoms with E-state index in [2.05, 4.69) is 21.2 Å². The average molecular weight is 332 g/mol. The van der Waals surface area contributed by atoms with Gasteiger partial charge in [0.05, 0.1) is 16.8 Å². The highest BCUT2D eigenvalue weighted by atomic mass is 79.9. The Balaban J connectivity index is 2.35. The molecule has 0 atom stereocenters. The van der Waals surface area contributed by atoms with E-state index in [4.69, 9.17) is 11.0 Å². The van der Waals surface area contributed by atoms with Crippen LogP contribution in [0.15, 0.2) is 40.9 Å². The van der Waals surface area contributed by atoms with Crippen molar-refractivity contribution in [2.45, 2.75) is 0 Å². The van der Waals surface area contributed by atoms with E-state index in [-0.39, 0.29) is 17.0 Å². The summed E-state index contributed by atoms with van der Waals surface area (Å²) >= 11 is 3.27. The summed E-state index contributed by atoms with van der Waals surface area (Å²) in [7, 11) is 0. The highest BCUT2D eigenvalue weighted by molar-refractivity contribution is 9.10. The van der Waals surface area contributed by atoms with Crippen LogP contribution < -0.4 is 11.1 Å². The summed E-state index contributed by atoms with van der Waals surface area (Å²) < 4.78 is 0.732. The van der Waals surface area contributed by atoms with Crippen LogP contribution in [-0.4, -0.2) is 11.0 Å². The average Bonchev–Trinajstić information content (AvgIpc) is 2.41. The number of nitrogens with two attached hydrogens (primary N) is 1. The lowest BCUT2D eigenvalue weighted by Crippen LogP contribution is -2.14. The van der Waals surface area contributed by atoms with E-state index < -0.39 is 5.91 Å². The third-order valence-electron chi connectivity index (χ3n) is 2.63. The first-order valence-corrected chi connectivity index (χ1v) is 6.40. The van der Waals surface area contributed by atoms with Gasteiger partial charge in [-0.2, -0.15) is 5.26 Å². The molecule has 2 rings (SSSR count). The van der Waals surface area contributed by atoms with Crippen molar-refractivity contribution in [3.63, 3.8) is 0 Å². The Morgan fingerprint density at radius 2 is 2.05 bits per heavy atom. The second kappa shape index (κ2) is 5.63. The summed E-state index contributed by atoms with van der Waals surface area (Å²) in [4.78, 5) is 12.1. The van der Waals surface area contributed by atoms with Gasteiger partial charge >= 0.3 is 0 Å². The van der Waals surface area contributed by atoms with Crippen molar-refractivity contribution in [2.75, 3.05) is 11.1 Å². The smallest absolute Gasteiger partial charge is 0.257 e. The second-order valence-electron chi connectivity index (χ2n) is 4.03. The molecule has 1 amide bonds. The molecule has 2 aromatic carbocycles. The first-order chi connectivity index (χ1) is 9.51. The SMILES string of the molecule is N#Cc1ccc(Br)cc1NC(=O)c1cc(O)ccc1N. The zero-order valence-electron chi connectivity index (χ0n) is 10.2. The van der Waals surface area contributed by atoms with Crippen LogP contribution in [0, 0.1) is 11.3 Å². The van der Waals surface area contributed by atoms with Crippen molar-refractivity contribution in [2.24, 2.45) is 0 Å². The van der Waals surface area contributed by atoms with E-state index in [0.29, 0.717) is 11.3 Å². The van der Waals surface area contributed by atoms with E-state index in [1.165, 1.54) is 18.2 Å². The first-order valence-electron chi connectivity index (χ1n) is 5.61. The number of halogens is 1. The van der Waals surface area contributed by atoms with Gasteiger partial charge in [-0.3, -0.25) is 4.79 Å². The normalized spacial score (nSPS) is 9.80. The van der Waals surface area contributed by atoms with Crippen molar-refractivity contribution in [3.8, 4) is 11.8 Å².